The van der Waals surface area contributed by atoms with Gasteiger partial charge in [-0.25, -0.2) is 15.0 Å². The van der Waals surface area contributed by atoms with E-state index in [1.165, 1.54) is 18.4 Å². The highest BCUT2D eigenvalue weighted by molar-refractivity contribution is 5.66. The van der Waals surface area contributed by atoms with Gasteiger partial charge in [-0.05, 0) is 67.1 Å². The first kappa shape index (κ1) is 18.5. The third-order valence-corrected chi connectivity index (χ3v) is 5.57. The highest BCUT2D eigenvalue weighted by Crippen LogP contribution is 2.42. The summed E-state index contributed by atoms with van der Waals surface area (Å²) in [6, 6.07) is 13.7. The molecule has 1 atom stereocenters. The van der Waals surface area contributed by atoms with Crippen LogP contribution in [0.1, 0.15) is 36.3 Å². The largest absolute Gasteiger partial charge is 0.391 e. The molecule has 4 heterocycles. The number of hydrogen-bond acceptors (Lipinski definition) is 7. The zero-order valence-electron chi connectivity index (χ0n) is 16.5. The maximum Gasteiger partial charge on any atom is 0.132 e. The lowest BCUT2D eigenvalue weighted by molar-refractivity contribution is 0.198. The fraction of sp³-hybridized carbons (Fsp3) is 0.304. The first-order valence-electron chi connectivity index (χ1n) is 10.2. The van der Waals surface area contributed by atoms with E-state index in [-0.39, 0.29) is 6.10 Å². The maximum atomic E-state index is 9.76. The topological polar surface area (TPSA) is 98.0 Å². The summed E-state index contributed by atoms with van der Waals surface area (Å²) in [7, 11) is 0. The molecule has 0 amide bonds. The quantitative estimate of drug-likeness (QED) is 0.677. The summed E-state index contributed by atoms with van der Waals surface area (Å²) in [6.07, 6.45) is 6.36. The van der Waals surface area contributed by atoms with E-state index >= 15 is 0 Å². The lowest BCUT2D eigenvalue weighted by atomic mass is 10.1. The van der Waals surface area contributed by atoms with Crippen LogP contribution in [0, 0.1) is 11.3 Å². The van der Waals surface area contributed by atoms with E-state index in [1.54, 1.807) is 18.3 Å². The van der Waals surface area contributed by atoms with E-state index in [4.69, 9.17) is 10.2 Å². The van der Waals surface area contributed by atoms with Gasteiger partial charge in [0.05, 0.1) is 23.4 Å². The van der Waals surface area contributed by atoms with Crippen molar-refractivity contribution in [3.8, 4) is 17.3 Å². The van der Waals surface area contributed by atoms with Crippen LogP contribution in [0.15, 0.2) is 48.8 Å². The summed E-state index contributed by atoms with van der Waals surface area (Å²) in [4.78, 5) is 15.8. The number of rotatable bonds is 5. The Morgan fingerprint density at radius 3 is 2.67 bits per heavy atom. The molecule has 0 unspecified atom stereocenters. The van der Waals surface area contributed by atoms with Gasteiger partial charge in [-0.1, -0.05) is 0 Å². The molecular formula is C23H22N6O. The molecule has 5 rings (SSSR count). The zero-order valence-corrected chi connectivity index (χ0v) is 16.5. The molecule has 3 aromatic rings. The monoisotopic (exact) mass is 398 g/mol. The highest BCUT2D eigenvalue weighted by Gasteiger charge is 2.25. The van der Waals surface area contributed by atoms with E-state index in [2.05, 4.69) is 38.4 Å². The smallest absolute Gasteiger partial charge is 0.132 e. The molecule has 3 aromatic heterocycles. The maximum absolute atomic E-state index is 9.76. The number of aliphatic hydroxyl groups excluding tert-OH is 1. The normalized spacial score (nSPS) is 18.3. The molecule has 1 aliphatic carbocycles. The Morgan fingerprint density at radius 1 is 1.07 bits per heavy atom. The Bertz CT molecular complexity index is 1100. The first-order chi connectivity index (χ1) is 14.7. The lowest BCUT2D eigenvalue weighted by Gasteiger charge is -2.17. The molecule has 7 heteroatoms. The molecule has 2 fully saturated rings. The van der Waals surface area contributed by atoms with Gasteiger partial charge in [-0.3, -0.25) is 0 Å². The van der Waals surface area contributed by atoms with Crippen molar-refractivity contribution < 1.29 is 5.11 Å². The molecule has 1 saturated carbocycles. The van der Waals surface area contributed by atoms with Gasteiger partial charge in [0.15, 0.2) is 0 Å². The molecule has 0 bridgehead atoms. The van der Waals surface area contributed by atoms with Crippen LogP contribution in [0.3, 0.4) is 0 Å². The Morgan fingerprint density at radius 2 is 1.97 bits per heavy atom. The summed E-state index contributed by atoms with van der Waals surface area (Å²) in [5.41, 5.74) is 3.62. The lowest BCUT2D eigenvalue weighted by Crippen LogP contribution is -2.21. The third-order valence-electron chi connectivity index (χ3n) is 5.57. The minimum absolute atomic E-state index is 0.273. The van der Waals surface area contributed by atoms with Gasteiger partial charge < -0.3 is 15.3 Å². The van der Waals surface area contributed by atoms with Crippen molar-refractivity contribution in [1.29, 1.82) is 5.26 Å². The number of nitrogens with zero attached hydrogens (tertiary/aromatic N) is 5. The van der Waals surface area contributed by atoms with Crippen molar-refractivity contribution in [3.05, 3.63) is 59.9 Å². The van der Waals surface area contributed by atoms with Crippen LogP contribution in [-0.4, -0.2) is 39.3 Å². The van der Waals surface area contributed by atoms with Gasteiger partial charge in [0.25, 0.3) is 0 Å². The average molecular weight is 398 g/mol. The molecule has 2 aliphatic rings. The molecule has 30 heavy (non-hydrogen) atoms. The number of aromatic nitrogens is 3. The Hall–Kier alpha value is -3.50. The predicted molar refractivity (Wildman–Crippen MR) is 115 cm³/mol. The summed E-state index contributed by atoms with van der Waals surface area (Å²) < 4.78 is 0. The number of β-amino-alcohol motifs (C(OH)–C–C–N with tert-alkyl or cyclic N) is 1. The van der Waals surface area contributed by atoms with Gasteiger partial charge in [0.1, 0.15) is 17.5 Å². The molecule has 0 radical (unpaired) electrons. The number of pyridine rings is 3. The SMILES string of the molecule is N#Cc1ccnc(Nc2cc(C3CC3)cc(-c3ccc(N4CC[C@H](O)C4)nc3)n2)c1. The Balaban J connectivity index is 1.43. The van der Waals surface area contributed by atoms with Crippen molar-refractivity contribution in [2.45, 2.75) is 31.3 Å². The fourth-order valence-electron chi connectivity index (χ4n) is 3.79. The van der Waals surface area contributed by atoms with E-state index in [9.17, 15) is 5.11 Å². The Kier molecular flexibility index (Phi) is 4.77. The van der Waals surface area contributed by atoms with Crippen LogP contribution >= 0.6 is 0 Å². The van der Waals surface area contributed by atoms with Crippen molar-refractivity contribution in [2.24, 2.45) is 0 Å². The predicted octanol–water partition coefficient (Wildman–Crippen LogP) is 3.60. The summed E-state index contributed by atoms with van der Waals surface area (Å²) in [5, 5.41) is 22.1. The third kappa shape index (κ3) is 3.95. The molecule has 150 valence electrons. The van der Waals surface area contributed by atoms with Crippen molar-refractivity contribution in [1.82, 2.24) is 15.0 Å². The molecular weight excluding hydrogens is 376 g/mol. The van der Waals surface area contributed by atoms with Crippen molar-refractivity contribution >= 4 is 17.5 Å². The van der Waals surface area contributed by atoms with Crippen molar-refractivity contribution in [2.75, 3.05) is 23.3 Å². The van der Waals surface area contributed by atoms with Crippen LogP contribution < -0.4 is 10.2 Å². The van der Waals surface area contributed by atoms with E-state index < -0.39 is 0 Å². The van der Waals surface area contributed by atoms with Crippen LogP contribution in [0.25, 0.3) is 11.3 Å². The molecule has 0 spiro atoms. The second-order valence-electron chi connectivity index (χ2n) is 7.91. The molecule has 1 saturated heterocycles. The zero-order chi connectivity index (χ0) is 20.5. The number of nitriles is 1. The van der Waals surface area contributed by atoms with Crippen LogP contribution in [0.4, 0.5) is 17.5 Å². The number of nitrogens with one attached hydrogen (secondary N) is 1. The highest BCUT2D eigenvalue weighted by atomic mass is 16.3. The minimum atomic E-state index is -0.273. The summed E-state index contributed by atoms with van der Waals surface area (Å²) >= 11 is 0. The Labute approximate surface area is 175 Å². The van der Waals surface area contributed by atoms with Gasteiger partial charge in [0.2, 0.25) is 0 Å². The van der Waals surface area contributed by atoms with E-state index in [0.717, 1.165) is 30.0 Å². The van der Waals surface area contributed by atoms with Gasteiger partial charge in [-0.2, -0.15) is 5.26 Å². The number of anilines is 3. The molecule has 1 aliphatic heterocycles. The minimum Gasteiger partial charge on any atom is -0.391 e. The molecule has 2 N–H and O–H groups in total. The van der Waals surface area contributed by atoms with Gasteiger partial charge in [-0.15, -0.1) is 0 Å². The van der Waals surface area contributed by atoms with Crippen molar-refractivity contribution in [3.63, 3.8) is 0 Å². The summed E-state index contributed by atoms with van der Waals surface area (Å²) in [5.74, 6) is 2.76. The van der Waals surface area contributed by atoms with Crippen LogP contribution in [-0.2, 0) is 0 Å². The average Bonchev–Trinajstić information content (AvgIpc) is 3.54. The van der Waals surface area contributed by atoms with E-state index in [1.807, 2.05) is 18.3 Å². The molecule has 7 nitrogen and oxygen atoms in total. The standard InChI is InChI=1S/C23H22N6O/c24-12-15-5-7-25-21(9-15)28-22-11-18(16-1-2-16)10-20(27-22)17-3-4-23(26-13-17)29-8-6-19(30)14-29/h3-5,7,9-11,13,16,19,30H,1-2,6,8,14H2,(H,25,27,28)/t19-/m0/s1. The number of hydrogen-bond donors (Lipinski definition) is 2. The fourth-order valence-corrected chi connectivity index (χ4v) is 3.79. The second-order valence-corrected chi connectivity index (χ2v) is 7.91. The van der Waals surface area contributed by atoms with Crippen LogP contribution in [0.2, 0.25) is 0 Å². The van der Waals surface area contributed by atoms with Gasteiger partial charge >= 0.3 is 0 Å². The van der Waals surface area contributed by atoms with Gasteiger partial charge in [0, 0.05) is 31.0 Å². The number of aliphatic hydroxyl groups is 1. The van der Waals surface area contributed by atoms with Crippen LogP contribution in [0.5, 0.6) is 0 Å². The second kappa shape index (κ2) is 7.73. The first-order valence-corrected chi connectivity index (χ1v) is 10.2. The van der Waals surface area contributed by atoms with E-state index in [0.29, 0.717) is 29.7 Å². The summed E-state index contributed by atoms with van der Waals surface area (Å²) in [6.45, 7) is 1.45. The molecule has 0 aromatic carbocycles.